The average Bonchev–Trinajstić information content (AvgIpc) is 2.78. The van der Waals surface area contributed by atoms with Crippen LogP contribution in [0.1, 0.15) is 0 Å². The number of nitrogens with zero attached hydrogens (tertiary/aromatic N) is 2. The zero-order valence-electron chi connectivity index (χ0n) is 8.69. The Hall–Kier alpha value is -0.960. The minimum absolute atomic E-state index is 0.0863. The molecule has 17 heavy (non-hydrogen) atoms. The molecule has 0 atom stereocenters. The van der Waals surface area contributed by atoms with Crippen molar-refractivity contribution < 1.29 is 13.0 Å². The second-order valence-electron chi connectivity index (χ2n) is 3.02. The van der Waals surface area contributed by atoms with Crippen LogP contribution < -0.4 is 0 Å². The standard InChI is InChI=1S/C9H8N2O3S3/c1-15-9-10-5-4-6(11-9)7-2-3-8(16-7)17(12,13)14/h2-5H,1H3,(H,12,13,14). The van der Waals surface area contributed by atoms with E-state index < -0.39 is 10.1 Å². The van der Waals surface area contributed by atoms with Crippen molar-refractivity contribution in [3.63, 3.8) is 0 Å². The third-order valence-corrected chi connectivity index (χ3v) is 4.89. The van der Waals surface area contributed by atoms with E-state index in [0.29, 0.717) is 15.7 Å². The fourth-order valence-corrected chi connectivity index (χ4v) is 3.17. The normalized spacial score (nSPS) is 11.6. The quantitative estimate of drug-likeness (QED) is 0.529. The van der Waals surface area contributed by atoms with Crippen LogP contribution in [-0.4, -0.2) is 29.2 Å². The summed E-state index contributed by atoms with van der Waals surface area (Å²) in [5.74, 6) is 0. The SMILES string of the molecule is CSc1nccc(-c2ccc(S(=O)(=O)O)s2)n1. The molecule has 8 heteroatoms. The Labute approximate surface area is 107 Å². The van der Waals surface area contributed by atoms with Crippen LogP contribution in [0, 0.1) is 0 Å². The van der Waals surface area contributed by atoms with Gasteiger partial charge in [0.1, 0.15) is 4.21 Å². The molecule has 0 radical (unpaired) electrons. The minimum Gasteiger partial charge on any atom is -0.281 e. The number of hydrogen-bond acceptors (Lipinski definition) is 6. The van der Waals surface area contributed by atoms with Crippen LogP contribution in [-0.2, 0) is 10.1 Å². The summed E-state index contributed by atoms with van der Waals surface area (Å²) in [6.45, 7) is 0. The van der Waals surface area contributed by atoms with E-state index in [2.05, 4.69) is 9.97 Å². The van der Waals surface area contributed by atoms with E-state index >= 15 is 0 Å². The number of thiophene rings is 1. The van der Waals surface area contributed by atoms with Crippen LogP contribution in [0.2, 0.25) is 0 Å². The fourth-order valence-electron chi connectivity index (χ4n) is 1.17. The Bertz CT molecular complexity index is 636. The first-order valence-electron chi connectivity index (χ1n) is 4.45. The van der Waals surface area contributed by atoms with E-state index in [9.17, 15) is 8.42 Å². The highest BCUT2D eigenvalue weighted by Gasteiger charge is 2.14. The minimum atomic E-state index is -4.14. The summed E-state index contributed by atoms with van der Waals surface area (Å²) in [4.78, 5) is 8.95. The topological polar surface area (TPSA) is 80.2 Å². The van der Waals surface area contributed by atoms with Crippen LogP contribution in [0.25, 0.3) is 10.6 Å². The molecule has 0 spiro atoms. The predicted octanol–water partition coefficient (Wildman–Crippen LogP) is 2.17. The van der Waals surface area contributed by atoms with Crippen molar-refractivity contribution in [1.29, 1.82) is 0 Å². The first-order valence-corrected chi connectivity index (χ1v) is 7.93. The van der Waals surface area contributed by atoms with Gasteiger partial charge in [-0.3, -0.25) is 4.55 Å². The van der Waals surface area contributed by atoms with E-state index in [4.69, 9.17) is 4.55 Å². The molecule has 2 aromatic heterocycles. The van der Waals surface area contributed by atoms with Gasteiger partial charge in [-0.1, -0.05) is 11.8 Å². The van der Waals surface area contributed by atoms with E-state index in [-0.39, 0.29) is 4.21 Å². The number of aromatic nitrogens is 2. The van der Waals surface area contributed by atoms with E-state index in [0.717, 1.165) is 11.3 Å². The van der Waals surface area contributed by atoms with Gasteiger partial charge in [-0.15, -0.1) is 11.3 Å². The Balaban J connectivity index is 2.43. The van der Waals surface area contributed by atoms with Gasteiger partial charge in [0.25, 0.3) is 0 Å². The van der Waals surface area contributed by atoms with Crippen molar-refractivity contribution in [3.8, 4) is 10.6 Å². The molecule has 2 heterocycles. The number of rotatable bonds is 3. The molecule has 0 unspecified atom stereocenters. The summed E-state index contributed by atoms with van der Waals surface area (Å²) in [6, 6.07) is 4.66. The predicted molar refractivity (Wildman–Crippen MR) is 66.9 cm³/mol. The fraction of sp³-hybridized carbons (Fsp3) is 0.111. The molecule has 0 aliphatic carbocycles. The molecule has 2 rings (SSSR count). The first-order chi connectivity index (χ1) is 8.00. The Morgan fingerprint density at radius 3 is 2.71 bits per heavy atom. The molecule has 0 aliphatic rings. The van der Waals surface area contributed by atoms with Gasteiger partial charge in [0.15, 0.2) is 5.16 Å². The van der Waals surface area contributed by atoms with Crippen LogP contribution in [0.3, 0.4) is 0 Å². The van der Waals surface area contributed by atoms with Gasteiger partial charge in [-0.05, 0) is 24.5 Å². The summed E-state index contributed by atoms with van der Waals surface area (Å²) in [7, 11) is -4.14. The molecule has 5 nitrogen and oxygen atoms in total. The van der Waals surface area contributed by atoms with Gasteiger partial charge in [0, 0.05) is 6.20 Å². The molecule has 0 fully saturated rings. The van der Waals surface area contributed by atoms with Crippen LogP contribution in [0.5, 0.6) is 0 Å². The largest absolute Gasteiger partial charge is 0.304 e. The highest BCUT2D eigenvalue weighted by Crippen LogP contribution is 2.29. The molecule has 0 saturated heterocycles. The van der Waals surface area contributed by atoms with E-state index in [1.807, 2.05) is 6.26 Å². The lowest BCUT2D eigenvalue weighted by Gasteiger charge is -1.98. The summed E-state index contributed by atoms with van der Waals surface area (Å²) in [6.07, 6.45) is 3.47. The van der Waals surface area contributed by atoms with Gasteiger partial charge >= 0.3 is 10.1 Å². The zero-order valence-corrected chi connectivity index (χ0v) is 11.1. The van der Waals surface area contributed by atoms with Gasteiger partial charge < -0.3 is 0 Å². The van der Waals surface area contributed by atoms with Gasteiger partial charge in [-0.2, -0.15) is 8.42 Å². The lowest BCUT2D eigenvalue weighted by atomic mass is 10.3. The van der Waals surface area contributed by atoms with E-state index in [1.54, 1.807) is 18.3 Å². The van der Waals surface area contributed by atoms with Crippen molar-refractivity contribution in [2.75, 3.05) is 6.26 Å². The molecule has 90 valence electrons. The Morgan fingerprint density at radius 2 is 2.12 bits per heavy atom. The van der Waals surface area contributed by atoms with Crippen molar-refractivity contribution in [2.24, 2.45) is 0 Å². The molecule has 2 aromatic rings. The van der Waals surface area contributed by atoms with Gasteiger partial charge in [0.05, 0.1) is 10.6 Å². The molecule has 0 aromatic carbocycles. The third-order valence-electron chi connectivity index (χ3n) is 1.90. The van der Waals surface area contributed by atoms with Crippen LogP contribution in [0.4, 0.5) is 0 Å². The Kier molecular flexibility index (Phi) is 3.48. The zero-order chi connectivity index (χ0) is 12.5. The second kappa shape index (κ2) is 4.73. The summed E-state index contributed by atoms with van der Waals surface area (Å²) < 4.78 is 30.7. The van der Waals surface area contributed by atoms with Crippen molar-refractivity contribution in [2.45, 2.75) is 9.37 Å². The summed E-state index contributed by atoms with van der Waals surface area (Å²) in [5.41, 5.74) is 0.643. The second-order valence-corrected chi connectivity index (χ2v) is 6.53. The van der Waals surface area contributed by atoms with Crippen molar-refractivity contribution in [1.82, 2.24) is 9.97 Å². The third kappa shape index (κ3) is 2.83. The maximum Gasteiger partial charge on any atom is 0.304 e. The van der Waals surface area contributed by atoms with E-state index in [1.165, 1.54) is 17.8 Å². The molecule has 0 amide bonds. The molecular weight excluding hydrogens is 280 g/mol. The monoisotopic (exact) mass is 288 g/mol. The smallest absolute Gasteiger partial charge is 0.281 e. The first kappa shape index (κ1) is 12.5. The molecular formula is C9H8N2O3S3. The maximum atomic E-state index is 10.9. The van der Waals surface area contributed by atoms with Crippen molar-refractivity contribution >= 4 is 33.2 Å². The Morgan fingerprint density at radius 1 is 1.35 bits per heavy atom. The summed E-state index contributed by atoms with van der Waals surface area (Å²) >= 11 is 2.38. The van der Waals surface area contributed by atoms with Crippen LogP contribution >= 0.6 is 23.1 Å². The van der Waals surface area contributed by atoms with Gasteiger partial charge in [0.2, 0.25) is 0 Å². The maximum absolute atomic E-state index is 10.9. The van der Waals surface area contributed by atoms with Crippen LogP contribution in [0.15, 0.2) is 33.8 Å². The lowest BCUT2D eigenvalue weighted by Crippen LogP contribution is -1.93. The highest BCUT2D eigenvalue weighted by molar-refractivity contribution is 7.98. The van der Waals surface area contributed by atoms with Gasteiger partial charge in [-0.25, -0.2) is 9.97 Å². The number of hydrogen-bond donors (Lipinski definition) is 1. The highest BCUT2D eigenvalue weighted by atomic mass is 32.3. The number of thioether (sulfide) groups is 1. The molecule has 1 N–H and O–H groups in total. The lowest BCUT2D eigenvalue weighted by molar-refractivity contribution is 0.485. The molecule has 0 aliphatic heterocycles. The molecule has 0 saturated carbocycles. The van der Waals surface area contributed by atoms with Crippen molar-refractivity contribution in [3.05, 3.63) is 24.4 Å². The molecule has 0 bridgehead atoms. The average molecular weight is 288 g/mol. The summed E-state index contributed by atoms with van der Waals surface area (Å²) in [5, 5.41) is 0.615.